The summed E-state index contributed by atoms with van der Waals surface area (Å²) in [5, 5.41) is 31.1. The van der Waals surface area contributed by atoms with E-state index in [4.69, 9.17) is 18.9 Å². The number of esters is 1. The van der Waals surface area contributed by atoms with Crippen LogP contribution in [0.2, 0.25) is 0 Å². The number of aliphatic hydroxyl groups is 3. The second-order valence-corrected chi connectivity index (χ2v) is 8.41. The quantitative estimate of drug-likeness (QED) is 0.336. The lowest BCUT2D eigenvalue weighted by Crippen LogP contribution is -2.60. The lowest BCUT2D eigenvalue weighted by Gasteiger charge is -2.40. The van der Waals surface area contributed by atoms with E-state index < -0.39 is 36.7 Å². The van der Waals surface area contributed by atoms with Gasteiger partial charge in [0.15, 0.2) is 0 Å². The normalized spacial score (nSPS) is 24.4. The van der Waals surface area contributed by atoms with Crippen LogP contribution in [-0.4, -0.2) is 65.7 Å². The van der Waals surface area contributed by atoms with Gasteiger partial charge in [-0.3, -0.25) is 4.79 Å². The number of methoxy groups -OCH3 is 1. The molecule has 34 heavy (non-hydrogen) atoms. The van der Waals surface area contributed by atoms with Crippen LogP contribution in [0.4, 0.5) is 0 Å². The molecule has 2 aromatic carbocycles. The lowest BCUT2D eigenvalue weighted by molar-refractivity contribution is -0.278. The van der Waals surface area contributed by atoms with Gasteiger partial charge in [0.25, 0.3) is 0 Å². The molecule has 1 saturated heterocycles. The first-order valence-corrected chi connectivity index (χ1v) is 11.7. The molecule has 1 aliphatic heterocycles. The van der Waals surface area contributed by atoms with Gasteiger partial charge in [-0.05, 0) is 35.7 Å². The van der Waals surface area contributed by atoms with Crippen molar-refractivity contribution >= 4 is 5.97 Å². The molecule has 0 aromatic heterocycles. The molecule has 0 bridgehead atoms. The second kappa shape index (κ2) is 12.7. The number of ether oxygens (including phenoxy) is 4. The first-order chi connectivity index (χ1) is 16.4. The highest BCUT2D eigenvalue weighted by Crippen LogP contribution is 2.28. The summed E-state index contributed by atoms with van der Waals surface area (Å²) < 4.78 is 22.1. The van der Waals surface area contributed by atoms with Crippen LogP contribution in [0.5, 0.6) is 11.5 Å². The number of rotatable bonds is 11. The number of carbonyl (C=O) groups is 1. The summed E-state index contributed by atoms with van der Waals surface area (Å²) in [7, 11) is 1.61. The highest BCUT2D eigenvalue weighted by atomic mass is 16.7. The zero-order valence-electron chi connectivity index (χ0n) is 19.6. The maximum absolute atomic E-state index is 11.9. The van der Waals surface area contributed by atoms with Crippen molar-refractivity contribution in [2.75, 3.05) is 13.7 Å². The summed E-state index contributed by atoms with van der Waals surface area (Å²) in [5.74, 6) is 0.838. The van der Waals surface area contributed by atoms with Crippen LogP contribution in [0, 0.1) is 0 Å². The molecular weight excluding hydrogens is 440 g/mol. The summed E-state index contributed by atoms with van der Waals surface area (Å²) in [5.41, 5.74) is 1.88. The highest BCUT2D eigenvalue weighted by Gasteiger charge is 2.45. The Bertz CT molecular complexity index is 900. The van der Waals surface area contributed by atoms with Gasteiger partial charge in [-0.1, -0.05) is 50.1 Å². The Kier molecular flexibility index (Phi) is 9.71. The minimum atomic E-state index is -1.52. The summed E-state index contributed by atoms with van der Waals surface area (Å²) in [6.07, 6.45) is -3.24. The van der Waals surface area contributed by atoms with E-state index in [-0.39, 0.29) is 13.0 Å². The molecule has 3 N–H and O–H groups in total. The van der Waals surface area contributed by atoms with Gasteiger partial charge in [0.05, 0.1) is 7.11 Å². The predicted molar refractivity (Wildman–Crippen MR) is 125 cm³/mol. The number of aliphatic hydroxyl groups excluding tert-OH is 3. The fourth-order valence-electron chi connectivity index (χ4n) is 3.77. The van der Waals surface area contributed by atoms with Gasteiger partial charge >= 0.3 is 5.97 Å². The number of unbranched alkanes of at least 4 members (excludes halogenated alkanes) is 2. The topological polar surface area (TPSA) is 115 Å². The largest absolute Gasteiger partial charge is 0.497 e. The standard InChI is InChI=1S/C26H34O8/c1-3-4-5-10-22(27)32-16-21-23(28)24(29)25(30)26(34-21)33-20-9-7-6-8-18(20)15-17-11-13-19(31-2)14-12-17/h6-9,11-14,21,23-26,28-30H,3-5,10,15-16H2,1-2H3/t21-,23-,24+,25-,26+/m1/s1. The Morgan fingerprint density at radius 1 is 0.971 bits per heavy atom. The van der Waals surface area contributed by atoms with Crippen molar-refractivity contribution in [2.24, 2.45) is 0 Å². The third-order valence-corrected chi connectivity index (χ3v) is 5.83. The molecule has 1 aliphatic rings. The molecule has 0 spiro atoms. The number of hydrogen-bond donors (Lipinski definition) is 3. The van der Waals surface area contributed by atoms with E-state index in [9.17, 15) is 20.1 Å². The average Bonchev–Trinajstić information content (AvgIpc) is 2.85. The van der Waals surface area contributed by atoms with Crippen LogP contribution >= 0.6 is 0 Å². The molecule has 0 amide bonds. The molecule has 0 saturated carbocycles. The molecule has 186 valence electrons. The van der Waals surface area contributed by atoms with E-state index in [0.717, 1.165) is 36.1 Å². The van der Waals surface area contributed by atoms with E-state index in [1.807, 2.05) is 43.3 Å². The van der Waals surface area contributed by atoms with E-state index in [0.29, 0.717) is 12.2 Å². The SMILES string of the molecule is CCCCCC(=O)OC[C@H]1O[C@H](Oc2ccccc2Cc2ccc(OC)cc2)[C@H](O)[C@@H](O)[C@@H]1O. The van der Waals surface area contributed by atoms with Crippen molar-refractivity contribution in [3.63, 3.8) is 0 Å². The van der Waals surface area contributed by atoms with Crippen LogP contribution in [0.25, 0.3) is 0 Å². The van der Waals surface area contributed by atoms with Crippen molar-refractivity contribution in [2.45, 2.75) is 69.7 Å². The van der Waals surface area contributed by atoms with E-state index >= 15 is 0 Å². The Morgan fingerprint density at radius 3 is 2.41 bits per heavy atom. The van der Waals surface area contributed by atoms with Gasteiger partial charge in [0.1, 0.15) is 42.5 Å². The first kappa shape index (κ1) is 26.0. The molecule has 1 fully saturated rings. The zero-order valence-corrected chi connectivity index (χ0v) is 19.6. The fourth-order valence-corrected chi connectivity index (χ4v) is 3.77. The van der Waals surface area contributed by atoms with Gasteiger partial charge in [-0.2, -0.15) is 0 Å². The first-order valence-electron chi connectivity index (χ1n) is 11.7. The lowest BCUT2D eigenvalue weighted by atomic mass is 9.99. The third-order valence-electron chi connectivity index (χ3n) is 5.83. The second-order valence-electron chi connectivity index (χ2n) is 8.41. The third kappa shape index (κ3) is 6.93. The summed E-state index contributed by atoms with van der Waals surface area (Å²) in [4.78, 5) is 11.9. The zero-order chi connectivity index (χ0) is 24.5. The summed E-state index contributed by atoms with van der Waals surface area (Å²) in [6.45, 7) is 1.79. The minimum Gasteiger partial charge on any atom is -0.497 e. The van der Waals surface area contributed by atoms with Gasteiger partial charge in [0, 0.05) is 12.8 Å². The fraction of sp³-hybridized carbons (Fsp3) is 0.500. The van der Waals surface area contributed by atoms with Crippen LogP contribution in [0.15, 0.2) is 48.5 Å². The van der Waals surface area contributed by atoms with E-state index in [1.54, 1.807) is 19.2 Å². The molecular formula is C26H34O8. The Morgan fingerprint density at radius 2 is 1.71 bits per heavy atom. The number of hydrogen-bond acceptors (Lipinski definition) is 8. The molecule has 0 aliphatic carbocycles. The molecule has 3 rings (SSSR count). The maximum atomic E-state index is 11.9. The minimum absolute atomic E-state index is 0.247. The van der Waals surface area contributed by atoms with Crippen molar-refractivity contribution in [3.8, 4) is 11.5 Å². The Hall–Kier alpha value is -2.65. The van der Waals surface area contributed by atoms with Crippen molar-refractivity contribution in [3.05, 3.63) is 59.7 Å². The Balaban J connectivity index is 1.66. The monoisotopic (exact) mass is 474 g/mol. The maximum Gasteiger partial charge on any atom is 0.305 e. The smallest absolute Gasteiger partial charge is 0.305 e. The molecule has 1 heterocycles. The highest BCUT2D eigenvalue weighted by molar-refractivity contribution is 5.69. The molecule has 8 nitrogen and oxygen atoms in total. The van der Waals surface area contributed by atoms with Gasteiger partial charge in [-0.25, -0.2) is 0 Å². The molecule has 2 aromatic rings. The molecule has 0 unspecified atom stereocenters. The van der Waals surface area contributed by atoms with Crippen molar-refractivity contribution in [1.82, 2.24) is 0 Å². The molecule has 0 radical (unpaired) electrons. The Labute approximate surface area is 200 Å². The van der Waals surface area contributed by atoms with Gasteiger partial charge in [0.2, 0.25) is 6.29 Å². The van der Waals surface area contributed by atoms with Crippen LogP contribution in [0.1, 0.15) is 43.7 Å². The van der Waals surface area contributed by atoms with Crippen molar-refractivity contribution in [1.29, 1.82) is 0 Å². The van der Waals surface area contributed by atoms with Crippen LogP contribution in [0.3, 0.4) is 0 Å². The molecule has 5 atom stereocenters. The number of para-hydroxylation sites is 1. The number of carbonyl (C=O) groups excluding carboxylic acids is 1. The summed E-state index contributed by atoms with van der Waals surface area (Å²) in [6, 6.07) is 15.0. The molecule has 8 heteroatoms. The predicted octanol–water partition coefficient (Wildman–Crippen LogP) is 2.60. The van der Waals surface area contributed by atoms with Crippen LogP contribution in [-0.2, 0) is 20.7 Å². The summed E-state index contributed by atoms with van der Waals surface area (Å²) >= 11 is 0. The number of benzene rings is 2. The average molecular weight is 475 g/mol. The van der Waals surface area contributed by atoms with Gasteiger partial charge in [-0.15, -0.1) is 0 Å². The van der Waals surface area contributed by atoms with E-state index in [1.165, 1.54) is 0 Å². The van der Waals surface area contributed by atoms with Gasteiger partial charge < -0.3 is 34.3 Å². The van der Waals surface area contributed by atoms with Crippen molar-refractivity contribution < 1.29 is 39.1 Å². The van der Waals surface area contributed by atoms with E-state index in [2.05, 4.69) is 0 Å². The van der Waals surface area contributed by atoms with Crippen LogP contribution < -0.4 is 9.47 Å².